The third kappa shape index (κ3) is 1.93. The van der Waals surface area contributed by atoms with Crippen molar-refractivity contribution in [1.29, 1.82) is 0 Å². The molecule has 0 unspecified atom stereocenters. The molecule has 3 aromatic heterocycles. The van der Waals surface area contributed by atoms with Gasteiger partial charge in [-0.3, -0.25) is 0 Å². The van der Waals surface area contributed by atoms with Crippen molar-refractivity contribution >= 4 is 16.5 Å². The van der Waals surface area contributed by atoms with Crippen LogP contribution in [0.25, 0.3) is 23.2 Å². The standard InChI is InChI=1S/C10H8N6OS/c1-5-2-12-7(13-3-5)8-15-9(17-16-8)6-4-18-10(11)14-6/h2-4H,1H3,(H2,11,14). The van der Waals surface area contributed by atoms with Crippen molar-refractivity contribution < 1.29 is 4.52 Å². The van der Waals surface area contributed by atoms with E-state index >= 15 is 0 Å². The van der Waals surface area contributed by atoms with E-state index in [0.29, 0.717) is 28.4 Å². The summed E-state index contributed by atoms with van der Waals surface area (Å²) in [6.45, 7) is 1.91. The molecule has 0 bridgehead atoms. The van der Waals surface area contributed by atoms with E-state index in [1.54, 1.807) is 17.8 Å². The van der Waals surface area contributed by atoms with Gasteiger partial charge in [0.05, 0.1) is 0 Å². The van der Waals surface area contributed by atoms with Gasteiger partial charge in [0.25, 0.3) is 5.89 Å². The predicted octanol–water partition coefficient (Wildman–Crippen LogP) is 1.54. The van der Waals surface area contributed by atoms with E-state index in [2.05, 4.69) is 25.1 Å². The quantitative estimate of drug-likeness (QED) is 0.745. The van der Waals surface area contributed by atoms with Gasteiger partial charge >= 0.3 is 0 Å². The normalized spacial score (nSPS) is 10.7. The van der Waals surface area contributed by atoms with Crippen LogP contribution in [0.3, 0.4) is 0 Å². The topological polar surface area (TPSA) is 104 Å². The summed E-state index contributed by atoms with van der Waals surface area (Å²) in [5, 5.41) is 6.02. The summed E-state index contributed by atoms with van der Waals surface area (Å²) in [6, 6.07) is 0. The fourth-order valence-electron chi connectivity index (χ4n) is 1.31. The van der Waals surface area contributed by atoms with Gasteiger partial charge in [-0.2, -0.15) is 4.98 Å². The molecule has 0 amide bonds. The summed E-state index contributed by atoms with van der Waals surface area (Å²) in [5.41, 5.74) is 7.07. The van der Waals surface area contributed by atoms with Gasteiger partial charge in [0, 0.05) is 17.8 Å². The fraction of sp³-hybridized carbons (Fsp3) is 0.100. The van der Waals surface area contributed by atoms with Gasteiger partial charge in [0.15, 0.2) is 5.13 Å². The summed E-state index contributed by atoms with van der Waals surface area (Å²) in [5.74, 6) is 1.05. The highest BCUT2D eigenvalue weighted by molar-refractivity contribution is 7.13. The highest BCUT2D eigenvalue weighted by Gasteiger charge is 2.14. The first kappa shape index (κ1) is 10.8. The second-order valence-corrected chi connectivity index (χ2v) is 4.47. The van der Waals surface area contributed by atoms with Crippen molar-refractivity contribution in [3.05, 3.63) is 23.3 Å². The first-order chi connectivity index (χ1) is 8.72. The summed E-state index contributed by atoms with van der Waals surface area (Å²) < 4.78 is 5.10. The molecule has 3 rings (SSSR count). The molecule has 0 atom stereocenters. The van der Waals surface area contributed by atoms with Gasteiger partial charge in [0.1, 0.15) is 5.69 Å². The van der Waals surface area contributed by atoms with Crippen LogP contribution in [0.4, 0.5) is 5.13 Å². The van der Waals surface area contributed by atoms with E-state index in [4.69, 9.17) is 10.3 Å². The van der Waals surface area contributed by atoms with Crippen molar-refractivity contribution in [1.82, 2.24) is 25.1 Å². The molecule has 90 valence electrons. The summed E-state index contributed by atoms with van der Waals surface area (Å²) in [6.07, 6.45) is 3.39. The van der Waals surface area contributed by atoms with E-state index in [-0.39, 0.29) is 0 Å². The molecule has 3 aromatic rings. The largest absolute Gasteiger partial charge is 0.375 e. The zero-order valence-electron chi connectivity index (χ0n) is 9.36. The summed E-state index contributed by atoms with van der Waals surface area (Å²) >= 11 is 1.31. The lowest BCUT2D eigenvalue weighted by Crippen LogP contribution is -1.90. The van der Waals surface area contributed by atoms with Crippen molar-refractivity contribution in [2.75, 3.05) is 5.73 Å². The number of thiazole rings is 1. The van der Waals surface area contributed by atoms with Gasteiger partial charge in [-0.25, -0.2) is 15.0 Å². The molecule has 0 aliphatic heterocycles. The lowest BCUT2D eigenvalue weighted by atomic mass is 10.4. The minimum Gasteiger partial charge on any atom is -0.375 e. The van der Waals surface area contributed by atoms with Crippen LogP contribution < -0.4 is 5.73 Å². The second-order valence-electron chi connectivity index (χ2n) is 3.58. The van der Waals surface area contributed by atoms with Crippen LogP contribution in [-0.4, -0.2) is 25.1 Å². The first-order valence-electron chi connectivity index (χ1n) is 5.06. The van der Waals surface area contributed by atoms with Crippen molar-refractivity contribution in [2.24, 2.45) is 0 Å². The molecule has 18 heavy (non-hydrogen) atoms. The van der Waals surface area contributed by atoms with E-state index in [9.17, 15) is 0 Å². The van der Waals surface area contributed by atoms with Gasteiger partial charge in [0.2, 0.25) is 11.6 Å². The minimum absolute atomic E-state index is 0.308. The lowest BCUT2D eigenvalue weighted by molar-refractivity contribution is 0.431. The SMILES string of the molecule is Cc1cnc(-c2noc(-c3csc(N)n3)n2)nc1. The Morgan fingerprint density at radius 1 is 1.17 bits per heavy atom. The van der Waals surface area contributed by atoms with Crippen molar-refractivity contribution in [2.45, 2.75) is 6.92 Å². The van der Waals surface area contributed by atoms with Crippen LogP contribution in [0, 0.1) is 6.92 Å². The first-order valence-corrected chi connectivity index (χ1v) is 5.94. The number of nitrogen functional groups attached to an aromatic ring is 1. The predicted molar refractivity (Wildman–Crippen MR) is 65.6 cm³/mol. The molecule has 0 spiro atoms. The smallest absolute Gasteiger partial charge is 0.277 e. The van der Waals surface area contributed by atoms with Crippen LogP contribution >= 0.6 is 11.3 Å². The van der Waals surface area contributed by atoms with Gasteiger partial charge in [-0.05, 0) is 12.5 Å². The molecule has 0 aliphatic rings. The van der Waals surface area contributed by atoms with Crippen molar-refractivity contribution in [3.63, 3.8) is 0 Å². The number of aryl methyl sites for hydroxylation is 1. The number of aromatic nitrogens is 5. The van der Waals surface area contributed by atoms with Crippen LogP contribution in [0.1, 0.15) is 5.56 Å². The highest BCUT2D eigenvalue weighted by atomic mass is 32.1. The zero-order valence-corrected chi connectivity index (χ0v) is 10.2. The number of anilines is 1. The molecule has 0 aliphatic carbocycles. The van der Waals surface area contributed by atoms with Gasteiger partial charge in [-0.1, -0.05) is 5.16 Å². The molecule has 0 radical (unpaired) electrons. The summed E-state index contributed by atoms with van der Waals surface area (Å²) in [7, 11) is 0. The molecular formula is C10H8N6OS. The Morgan fingerprint density at radius 2 is 1.94 bits per heavy atom. The van der Waals surface area contributed by atoms with Crippen molar-refractivity contribution in [3.8, 4) is 23.2 Å². The summed E-state index contributed by atoms with van der Waals surface area (Å²) in [4.78, 5) is 16.5. The van der Waals surface area contributed by atoms with Gasteiger partial charge < -0.3 is 10.3 Å². The maximum absolute atomic E-state index is 5.54. The molecule has 0 fully saturated rings. The lowest BCUT2D eigenvalue weighted by Gasteiger charge is -1.92. The number of nitrogens with zero attached hydrogens (tertiary/aromatic N) is 5. The molecular weight excluding hydrogens is 252 g/mol. The monoisotopic (exact) mass is 260 g/mol. The maximum Gasteiger partial charge on any atom is 0.277 e. The third-order valence-electron chi connectivity index (χ3n) is 2.15. The van der Waals surface area contributed by atoms with E-state index < -0.39 is 0 Å². The molecule has 0 aromatic carbocycles. The minimum atomic E-state index is 0.308. The van der Waals surface area contributed by atoms with Crippen LogP contribution in [-0.2, 0) is 0 Å². The molecule has 7 nitrogen and oxygen atoms in total. The Morgan fingerprint density at radius 3 is 2.61 bits per heavy atom. The van der Waals surface area contributed by atoms with Gasteiger partial charge in [-0.15, -0.1) is 11.3 Å². The third-order valence-corrected chi connectivity index (χ3v) is 2.82. The average Bonchev–Trinajstić information content (AvgIpc) is 2.98. The number of rotatable bonds is 2. The Hall–Kier alpha value is -2.35. The Labute approximate surface area is 106 Å². The molecule has 2 N–H and O–H groups in total. The van der Waals surface area contributed by atoms with E-state index in [0.717, 1.165) is 5.56 Å². The Bertz CT molecular complexity index is 674. The Balaban J connectivity index is 1.96. The number of hydrogen-bond donors (Lipinski definition) is 1. The molecule has 0 saturated carbocycles. The highest BCUT2D eigenvalue weighted by Crippen LogP contribution is 2.23. The average molecular weight is 260 g/mol. The Kier molecular flexibility index (Phi) is 2.49. The van der Waals surface area contributed by atoms with E-state index in [1.807, 2.05) is 6.92 Å². The molecule has 3 heterocycles. The second kappa shape index (κ2) is 4.15. The fourth-order valence-corrected chi connectivity index (χ4v) is 1.85. The molecule has 8 heteroatoms. The number of nitrogens with two attached hydrogens (primary N) is 1. The van der Waals surface area contributed by atoms with Crippen LogP contribution in [0.15, 0.2) is 22.3 Å². The van der Waals surface area contributed by atoms with Crippen LogP contribution in [0.5, 0.6) is 0 Å². The zero-order chi connectivity index (χ0) is 12.5. The molecule has 0 saturated heterocycles. The van der Waals surface area contributed by atoms with E-state index in [1.165, 1.54) is 11.3 Å². The maximum atomic E-state index is 5.54. The van der Waals surface area contributed by atoms with Crippen LogP contribution in [0.2, 0.25) is 0 Å². The number of hydrogen-bond acceptors (Lipinski definition) is 8.